The molecule has 0 radical (unpaired) electrons. The van der Waals surface area contributed by atoms with Gasteiger partial charge in [-0.3, -0.25) is 4.98 Å². The summed E-state index contributed by atoms with van der Waals surface area (Å²) in [5.74, 6) is 0.302. The summed E-state index contributed by atoms with van der Waals surface area (Å²) in [6, 6.07) is 16.1. The number of quaternary nitrogens is 1. The lowest BCUT2D eigenvalue weighted by molar-refractivity contribution is -0.930. The van der Waals surface area contributed by atoms with Crippen molar-refractivity contribution in [3.8, 4) is 5.75 Å². The zero-order valence-corrected chi connectivity index (χ0v) is 14.8. The van der Waals surface area contributed by atoms with Crippen LogP contribution in [0.5, 0.6) is 5.75 Å². The van der Waals surface area contributed by atoms with Crippen LogP contribution in [0.3, 0.4) is 0 Å². The average molecular weight is 354 g/mol. The summed E-state index contributed by atoms with van der Waals surface area (Å²) in [5.41, 5.74) is 2.81. The van der Waals surface area contributed by atoms with Crippen LogP contribution in [0.25, 0.3) is 10.9 Å². The Bertz CT molecular complexity index is 873. The molecule has 0 aliphatic carbocycles. The standard InChI is InChI=1S/C21H21ClN2O/c22-17-9-6-16(7-10-17)20(24-13-2-1-3-14-24)18-11-8-15-5-4-12-23-19(15)21(18)25/h4-12,20,25H,1-3,13-14H2/p+1/t20-/m0/s1. The maximum absolute atomic E-state index is 11.0. The topological polar surface area (TPSA) is 37.6 Å². The number of nitrogens with zero attached hydrogens (tertiary/aromatic N) is 1. The zero-order chi connectivity index (χ0) is 17.2. The fourth-order valence-corrected chi connectivity index (χ4v) is 4.09. The Balaban J connectivity index is 1.85. The molecule has 0 unspecified atom stereocenters. The van der Waals surface area contributed by atoms with Crippen molar-refractivity contribution in [1.29, 1.82) is 0 Å². The molecule has 1 aromatic heterocycles. The van der Waals surface area contributed by atoms with Gasteiger partial charge >= 0.3 is 0 Å². The number of pyridine rings is 1. The first-order chi connectivity index (χ1) is 12.2. The molecule has 25 heavy (non-hydrogen) atoms. The molecule has 4 heteroatoms. The molecule has 1 aliphatic rings. The number of benzene rings is 2. The number of hydrogen-bond donors (Lipinski definition) is 2. The Morgan fingerprint density at radius 1 is 0.960 bits per heavy atom. The van der Waals surface area contributed by atoms with Crippen molar-refractivity contribution in [3.63, 3.8) is 0 Å². The molecule has 0 amide bonds. The van der Waals surface area contributed by atoms with Gasteiger partial charge in [0.15, 0.2) is 5.75 Å². The second-order valence-corrected chi connectivity index (χ2v) is 7.22. The van der Waals surface area contributed by atoms with Crippen molar-refractivity contribution in [2.75, 3.05) is 13.1 Å². The highest BCUT2D eigenvalue weighted by Gasteiger charge is 2.30. The van der Waals surface area contributed by atoms with Crippen molar-refractivity contribution in [2.45, 2.75) is 25.3 Å². The number of aromatic hydroxyl groups is 1. The molecular formula is C21H22ClN2O+. The summed E-state index contributed by atoms with van der Waals surface area (Å²) in [5, 5.41) is 12.7. The Morgan fingerprint density at radius 2 is 1.72 bits per heavy atom. The maximum atomic E-state index is 11.0. The molecule has 2 aromatic carbocycles. The molecular weight excluding hydrogens is 332 g/mol. The molecule has 2 N–H and O–H groups in total. The lowest BCUT2D eigenvalue weighted by Crippen LogP contribution is -3.13. The third kappa shape index (κ3) is 3.22. The number of aromatic nitrogens is 1. The summed E-state index contributed by atoms with van der Waals surface area (Å²) >= 11 is 6.09. The highest BCUT2D eigenvalue weighted by molar-refractivity contribution is 6.30. The fourth-order valence-electron chi connectivity index (χ4n) is 3.96. The number of rotatable bonds is 3. The van der Waals surface area contributed by atoms with Crippen LogP contribution in [0.2, 0.25) is 5.02 Å². The van der Waals surface area contributed by atoms with E-state index in [1.807, 2.05) is 24.3 Å². The molecule has 4 rings (SSSR count). The minimum atomic E-state index is 0.101. The second-order valence-electron chi connectivity index (χ2n) is 6.78. The molecule has 0 bridgehead atoms. The van der Waals surface area contributed by atoms with E-state index in [9.17, 15) is 5.11 Å². The number of fused-ring (bicyclic) bond motifs is 1. The lowest BCUT2D eigenvalue weighted by atomic mass is 9.93. The van der Waals surface area contributed by atoms with E-state index >= 15 is 0 Å². The first-order valence-electron chi connectivity index (χ1n) is 8.90. The number of likely N-dealkylation sites (tertiary alicyclic amines) is 1. The van der Waals surface area contributed by atoms with Gasteiger partial charge in [-0.2, -0.15) is 0 Å². The van der Waals surface area contributed by atoms with Crippen molar-refractivity contribution in [3.05, 3.63) is 70.9 Å². The van der Waals surface area contributed by atoms with Gasteiger partial charge in [0.1, 0.15) is 11.6 Å². The summed E-state index contributed by atoms with van der Waals surface area (Å²) in [6.45, 7) is 2.24. The smallest absolute Gasteiger partial charge is 0.151 e. The first kappa shape index (κ1) is 16.4. The first-order valence-corrected chi connectivity index (χ1v) is 9.28. The van der Waals surface area contributed by atoms with Crippen LogP contribution >= 0.6 is 11.6 Å². The van der Waals surface area contributed by atoms with Crippen LogP contribution in [0.15, 0.2) is 54.7 Å². The van der Waals surface area contributed by atoms with Gasteiger partial charge in [0.2, 0.25) is 0 Å². The van der Waals surface area contributed by atoms with Gasteiger partial charge in [0, 0.05) is 22.2 Å². The third-order valence-electron chi connectivity index (χ3n) is 5.20. The molecule has 1 atom stereocenters. The van der Waals surface area contributed by atoms with Gasteiger partial charge in [-0.1, -0.05) is 35.9 Å². The van der Waals surface area contributed by atoms with Crippen molar-refractivity contribution < 1.29 is 10.0 Å². The highest BCUT2D eigenvalue weighted by atomic mass is 35.5. The van der Waals surface area contributed by atoms with Crippen molar-refractivity contribution in [1.82, 2.24) is 4.98 Å². The highest BCUT2D eigenvalue weighted by Crippen LogP contribution is 2.33. The molecule has 3 nitrogen and oxygen atoms in total. The van der Waals surface area contributed by atoms with Gasteiger partial charge < -0.3 is 10.0 Å². The third-order valence-corrected chi connectivity index (χ3v) is 5.45. The number of phenolic OH excluding ortho intramolecular Hbond substituents is 1. The predicted octanol–water partition coefficient (Wildman–Crippen LogP) is 3.75. The minimum absolute atomic E-state index is 0.101. The van der Waals surface area contributed by atoms with Gasteiger partial charge in [-0.15, -0.1) is 0 Å². The Morgan fingerprint density at radius 3 is 2.48 bits per heavy atom. The summed E-state index contributed by atoms with van der Waals surface area (Å²) in [6.07, 6.45) is 5.48. The van der Waals surface area contributed by atoms with Crippen molar-refractivity contribution in [2.24, 2.45) is 0 Å². The quantitative estimate of drug-likeness (QED) is 0.752. The van der Waals surface area contributed by atoms with E-state index in [2.05, 4.69) is 29.2 Å². The zero-order valence-electron chi connectivity index (χ0n) is 14.1. The second kappa shape index (κ2) is 7.03. The molecule has 0 spiro atoms. The van der Waals surface area contributed by atoms with E-state index in [-0.39, 0.29) is 6.04 Å². The predicted molar refractivity (Wildman–Crippen MR) is 101 cm³/mol. The molecule has 128 valence electrons. The molecule has 1 aliphatic heterocycles. The molecule has 0 saturated carbocycles. The molecule has 3 aromatic rings. The van der Waals surface area contributed by atoms with Crippen LogP contribution in [0.1, 0.15) is 36.4 Å². The largest absolute Gasteiger partial charge is 0.505 e. The Labute approximate surface area is 152 Å². The van der Waals surface area contributed by atoms with Crippen LogP contribution in [-0.4, -0.2) is 23.2 Å². The number of halogens is 1. The van der Waals surface area contributed by atoms with E-state index in [0.717, 1.165) is 29.1 Å². The van der Waals surface area contributed by atoms with Crippen LogP contribution in [0, 0.1) is 0 Å². The van der Waals surface area contributed by atoms with Gasteiger partial charge in [0.25, 0.3) is 0 Å². The van der Waals surface area contributed by atoms with E-state index in [4.69, 9.17) is 11.6 Å². The Hall–Kier alpha value is -2.10. The number of piperidine rings is 1. The molecule has 1 saturated heterocycles. The fraction of sp³-hybridized carbons (Fsp3) is 0.286. The lowest BCUT2D eigenvalue weighted by Gasteiger charge is -2.32. The molecule has 2 heterocycles. The number of phenols is 1. The van der Waals surface area contributed by atoms with E-state index in [1.165, 1.54) is 29.7 Å². The van der Waals surface area contributed by atoms with Crippen LogP contribution < -0.4 is 4.90 Å². The normalized spacial score (nSPS) is 16.8. The van der Waals surface area contributed by atoms with E-state index < -0.39 is 0 Å². The SMILES string of the molecule is Oc1c([C@H](c2ccc(Cl)cc2)[NH+]2CCCCC2)ccc2cccnc12. The van der Waals surface area contributed by atoms with Gasteiger partial charge in [-0.25, -0.2) is 0 Å². The minimum Gasteiger partial charge on any atom is -0.505 e. The average Bonchev–Trinajstić information content (AvgIpc) is 2.66. The maximum Gasteiger partial charge on any atom is 0.151 e. The number of nitrogens with one attached hydrogen (secondary N) is 1. The van der Waals surface area contributed by atoms with Crippen LogP contribution in [-0.2, 0) is 0 Å². The van der Waals surface area contributed by atoms with E-state index in [1.54, 1.807) is 6.20 Å². The summed E-state index contributed by atoms with van der Waals surface area (Å²) in [7, 11) is 0. The Kier molecular flexibility index (Phi) is 4.60. The van der Waals surface area contributed by atoms with Crippen molar-refractivity contribution >= 4 is 22.5 Å². The monoisotopic (exact) mass is 353 g/mol. The van der Waals surface area contributed by atoms with Crippen LogP contribution in [0.4, 0.5) is 0 Å². The summed E-state index contributed by atoms with van der Waals surface area (Å²) in [4.78, 5) is 5.90. The van der Waals surface area contributed by atoms with Gasteiger partial charge in [0.05, 0.1) is 18.7 Å². The summed E-state index contributed by atoms with van der Waals surface area (Å²) < 4.78 is 0. The molecule has 1 fully saturated rings. The van der Waals surface area contributed by atoms with E-state index in [0.29, 0.717) is 11.3 Å². The van der Waals surface area contributed by atoms with Gasteiger partial charge in [-0.05, 0) is 43.5 Å². The number of hydrogen-bond acceptors (Lipinski definition) is 2.